The number of carbonyl (C=O) groups is 1. The summed E-state index contributed by atoms with van der Waals surface area (Å²) in [4.78, 5) is 24.0. The molecule has 1 amide bonds. The highest BCUT2D eigenvalue weighted by Gasteiger charge is 2.46. The summed E-state index contributed by atoms with van der Waals surface area (Å²) in [6.45, 7) is 10.5. The summed E-state index contributed by atoms with van der Waals surface area (Å²) in [5.41, 5.74) is 2.43. The van der Waals surface area contributed by atoms with Crippen molar-refractivity contribution in [2.24, 2.45) is 0 Å². The normalized spacial score (nSPS) is 21.1. The number of ether oxygens (including phenoxy) is 1. The van der Waals surface area contributed by atoms with E-state index in [0.717, 1.165) is 49.7 Å². The van der Waals surface area contributed by atoms with E-state index in [1.807, 2.05) is 30.9 Å². The van der Waals surface area contributed by atoms with Crippen LogP contribution in [0.15, 0.2) is 30.5 Å². The minimum atomic E-state index is -0.602. The van der Waals surface area contributed by atoms with Crippen LogP contribution in [-0.2, 0) is 21.5 Å². The Hall–Kier alpha value is -2.51. The number of fused-ring (bicyclic) bond motifs is 1. The Balaban J connectivity index is 1.45. The Bertz CT molecular complexity index is 922. The molecule has 1 fully saturated rings. The first-order valence-corrected chi connectivity index (χ1v) is 11.3. The van der Waals surface area contributed by atoms with E-state index >= 15 is 0 Å². The van der Waals surface area contributed by atoms with Gasteiger partial charge in [0.25, 0.3) is 0 Å². The maximum Gasteiger partial charge on any atom is 0.238 e. The molecule has 2 atom stereocenters. The number of aromatic nitrogens is 2. The second-order valence-corrected chi connectivity index (χ2v) is 9.11. The Kier molecular flexibility index (Phi) is 6.25. The molecule has 0 aliphatic carbocycles. The van der Waals surface area contributed by atoms with Crippen LogP contribution in [0.1, 0.15) is 58.1 Å². The number of hydrogen-bond donors (Lipinski definition) is 2. The third-order valence-electron chi connectivity index (χ3n) is 6.42. The van der Waals surface area contributed by atoms with E-state index in [-0.39, 0.29) is 11.9 Å². The van der Waals surface area contributed by atoms with E-state index in [9.17, 15) is 4.79 Å². The van der Waals surface area contributed by atoms with E-state index in [0.29, 0.717) is 12.0 Å². The van der Waals surface area contributed by atoms with Crippen molar-refractivity contribution in [3.8, 4) is 0 Å². The molecule has 7 heteroatoms. The average molecular weight is 424 g/mol. The molecule has 1 aromatic heterocycles. The fourth-order valence-corrected chi connectivity index (χ4v) is 4.16. The van der Waals surface area contributed by atoms with Crippen molar-refractivity contribution in [3.05, 3.63) is 41.6 Å². The fourth-order valence-electron chi connectivity index (χ4n) is 4.16. The van der Waals surface area contributed by atoms with E-state index in [1.165, 1.54) is 12.0 Å². The number of hydrogen-bond acceptors (Lipinski definition) is 6. The molecule has 0 radical (unpaired) electrons. The number of anilines is 3. The van der Waals surface area contributed by atoms with Gasteiger partial charge in [0.05, 0.1) is 12.0 Å². The maximum absolute atomic E-state index is 13.0. The van der Waals surface area contributed by atoms with Crippen LogP contribution in [0.2, 0.25) is 0 Å². The van der Waals surface area contributed by atoms with E-state index in [4.69, 9.17) is 9.72 Å². The molecule has 2 aliphatic heterocycles. The van der Waals surface area contributed by atoms with Gasteiger partial charge in [-0.25, -0.2) is 4.98 Å². The predicted molar refractivity (Wildman–Crippen MR) is 123 cm³/mol. The molecule has 1 saturated heterocycles. The summed E-state index contributed by atoms with van der Waals surface area (Å²) in [7, 11) is 0. The molecule has 0 bridgehead atoms. The molecule has 2 N–H and O–H groups in total. The van der Waals surface area contributed by atoms with Crippen LogP contribution in [0.5, 0.6) is 0 Å². The van der Waals surface area contributed by atoms with Crippen LogP contribution < -0.4 is 15.5 Å². The van der Waals surface area contributed by atoms with Crippen molar-refractivity contribution in [1.82, 2.24) is 15.3 Å². The number of rotatable bonds is 7. The molecule has 0 saturated carbocycles. The largest absolute Gasteiger partial charge is 0.380 e. The number of nitrogens with zero attached hydrogens (tertiary/aromatic N) is 3. The topological polar surface area (TPSA) is 79.4 Å². The van der Waals surface area contributed by atoms with Gasteiger partial charge in [-0.3, -0.25) is 9.69 Å². The van der Waals surface area contributed by atoms with Gasteiger partial charge in [-0.15, -0.1) is 0 Å². The first-order chi connectivity index (χ1) is 14.9. The van der Waals surface area contributed by atoms with Crippen LogP contribution in [0.25, 0.3) is 0 Å². The Morgan fingerprint density at radius 1 is 1.29 bits per heavy atom. The lowest BCUT2D eigenvalue weighted by atomic mass is 9.88. The van der Waals surface area contributed by atoms with Gasteiger partial charge < -0.3 is 15.4 Å². The molecule has 0 spiro atoms. The summed E-state index contributed by atoms with van der Waals surface area (Å²) >= 11 is 0. The highest BCUT2D eigenvalue weighted by molar-refractivity contribution is 6.07. The number of carbonyl (C=O) groups excluding carboxylic acids is 1. The van der Waals surface area contributed by atoms with E-state index in [2.05, 4.69) is 41.6 Å². The first-order valence-electron chi connectivity index (χ1n) is 11.3. The zero-order valence-corrected chi connectivity index (χ0v) is 18.9. The highest BCUT2D eigenvalue weighted by Crippen LogP contribution is 2.41. The summed E-state index contributed by atoms with van der Waals surface area (Å²) in [5.74, 6) is 1.31. The van der Waals surface area contributed by atoms with Crippen LogP contribution in [0.3, 0.4) is 0 Å². The fraction of sp³-hybridized carbons (Fsp3) is 0.542. The molecule has 31 heavy (non-hydrogen) atoms. The zero-order valence-electron chi connectivity index (χ0n) is 18.9. The molecular weight excluding hydrogens is 390 g/mol. The minimum Gasteiger partial charge on any atom is -0.380 e. The van der Waals surface area contributed by atoms with Gasteiger partial charge in [0.1, 0.15) is 5.82 Å². The van der Waals surface area contributed by atoms with Gasteiger partial charge in [-0.1, -0.05) is 19.1 Å². The zero-order chi connectivity index (χ0) is 22.0. The highest BCUT2D eigenvalue weighted by atomic mass is 16.5. The summed E-state index contributed by atoms with van der Waals surface area (Å²) < 4.78 is 5.53. The number of nitrogens with one attached hydrogen (secondary N) is 2. The minimum absolute atomic E-state index is 0.0866. The van der Waals surface area contributed by atoms with Crippen LogP contribution in [-0.4, -0.2) is 41.2 Å². The quantitative estimate of drug-likeness (QED) is 0.703. The van der Waals surface area contributed by atoms with Crippen LogP contribution >= 0.6 is 0 Å². The maximum atomic E-state index is 13.0. The summed E-state index contributed by atoms with van der Waals surface area (Å²) in [6, 6.07) is 8.80. The molecule has 2 aliphatic rings. The molecule has 3 heterocycles. The third kappa shape index (κ3) is 4.43. The molecule has 166 valence electrons. The standard InChI is InChI=1S/C24H33N5O2/c1-5-16(2)29-21-20(24(3,4)22(29)30)14-26-23(28-21)27-18-10-8-17(9-11-18)13-25-19-7-6-12-31-15-19/h8-11,14,16,19,25H,5-7,12-13,15H2,1-4H3,(H,26,27,28)/t16-,19?/m0/s1. The molecule has 2 aromatic rings. The van der Waals surface area contributed by atoms with Crippen LogP contribution in [0.4, 0.5) is 17.5 Å². The second-order valence-electron chi connectivity index (χ2n) is 9.11. The average Bonchev–Trinajstić information content (AvgIpc) is 2.98. The SMILES string of the molecule is CC[C@H](C)N1C(=O)C(C)(C)c2cnc(Nc3ccc(CNC4CCCOC4)cc3)nc21. The lowest BCUT2D eigenvalue weighted by molar-refractivity contribution is -0.122. The monoisotopic (exact) mass is 423 g/mol. The first kappa shape index (κ1) is 21.7. The molecule has 7 nitrogen and oxygen atoms in total. The van der Waals surface area contributed by atoms with E-state index < -0.39 is 5.41 Å². The summed E-state index contributed by atoms with van der Waals surface area (Å²) in [5, 5.41) is 6.85. The molecule has 1 aromatic carbocycles. The number of amides is 1. The Morgan fingerprint density at radius 2 is 2.06 bits per heavy atom. The third-order valence-corrected chi connectivity index (χ3v) is 6.42. The van der Waals surface area contributed by atoms with Crippen molar-refractivity contribution in [2.75, 3.05) is 23.4 Å². The van der Waals surface area contributed by atoms with Crippen molar-refractivity contribution >= 4 is 23.4 Å². The van der Waals surface area contributed by atoms with Gasteiger partial charge in [0.15, 0.2) is 0 Å². The van der Waals surface area contributed by atoms with Gasteiger partial charge in [-0.2, -0.15) is 4.98 Å². The van der Waals surface area contributed by atoms with Gasteiger partial charge in [0, 0.05) is 42.7 Å². The van der Waals surface area contributed by atoms with Crippen molar-refractivity contribution in [1.29, 1.82) is 0 Å². The Labute approximate surface area is 184 Å². The van der Waals surface area contributed by atoms with Crippen molar-refractivity contribution in [3.63, 3.8) is 0 Å². The van der Waals surface area contributed by atoms with Gasteiger partial charge in [-0.05, 0) is 57.7 Å². The lowest BCUT2D eigenvalue weighted by Gasteiger charge is -2.25. The molecular formula is C24H33N5O2. The second kappa shape index (κ2) is 8.93. The predicted octanol–water partition coefficient (Wildman–Crippen LogP) is 3.91. The van der Waals surface area contributed by atoms with Crippen molar-refractivity contribution < 1.29 is 9.53 Å². The molecule has 1 unspecified atom stereocenters. The van der Waals surface area contributed by atoms with E-state index in [1.54, 1.807) is 6.20 Å². The van der Waals surface area contributed by atoms with Gasteiger partial charge >= 0.3 is 0 Å². The van der Waals surface area contributed by atoms with Gasteiger partial charge in [0.2, 0.25) is 11.9 Å². The lowest BCUT2D eigenvalue weighted by Crippen LogP contribution is -2.41. The summed E-state index contributed by atoms with van der Waals surface area (Å²) in [6.07, 6.45) is 4.95. The molecule has 4 rings (SSSR count). The van der Waals surface area contributed by atoms with Crippen molar-refractivity contribution in [2.45, 2.75) is 71.0 Å². The smallest absolute Gasteiger partial charge is 0.238 e. The number of benzene rings is 1. The van der Waals surface area contributed by atoms with Crippen LogP contribution in [0, 0.1) is 0 Å². The Morgan fingerprint density at radius 3 is 2.74 bits per heavy atom.